The van der Waals surface area contributed by atoms with Gasteiger partial charge in [0.25, 0.3) is 0 Å². The maximum Gasteiger partial charge on any atom is 0.249 e. The zero-order valence-corrected chi connectivity index (χ0v) is 43.0. The highest BCUT2D eigenvalue weighted by Crippen LogP contribution is 2.17. The number of hydrogen-bond acceptors (Lipinski definition) is 5. The molecule has 1 amide bonds. The Balaban J connectivity index is 3.63. The van der Waals surface area contributed by atoms with Crippen LogP contribution in [0.1, 0.15) is 309 Å². The standard InChI is InChI=1S/C58H113NO5/c1-3-5-7-9-11-13-15-17-19-21-23-25-26-27-28-29-30-31-32-34-36-38-40-42-44-46-48-50-52-56(62)58(64)59-54(53-60)57(63)55(61)51-49-47-45-43-41-39-37-35-33-24-22-20-18-16-14-12-10-8-6-4-2/h27-28,43,45,54-57,60-63H,3-26,29-42,44,46-53H2,1-2H3,(H,59,64)/b28-27-,45-43+. The van der Waals surface area contributed by atoms with Gasteiger partial charge in [0.05, 0.1) is 18.8 Å². The lowest BCUT2D eigenvalue weighted by atomic mass is 10.00. The molecule has 0 radical (unpaired) electrons. The van der Waals surface area contributed by atoms with Gasteiger partial charge in [-0.05, 0) is 64.2 Å². The van der Waals surface area contributed by atoms with Crippen molar-refractivity contribution in [1.82, 2.24) is 5.32 Å². The summed E-state index contributed by atoms with van der Waals surface area (Å²) in [5.41, 5.74) is 0. The first-order valence-electron chi connectivity index (χ1n) is 28.7. The predicted octanol–water partition coefficient (Wildman–Crippen LogP) is 16.6. The van der Waals surface area contributed by atoms with Crippen molar-refractivity contribution >= 4 is 5.91 Å². The summed E-state index contributed by atoms with van der Waals surface area (Å²) < 4.78 is 0. The van der Waals surface area contributed by atoms with Crippen LogP contribution in [-0.4, -0.2) is 57.3 Å². The summed E-state index contributed by atoms with van der Waals surface area (Å²) in [6, 6.07) is -1.00. The van der Waals surface area contributed by atoms with Gasteiger partial charge in [0, 0.05) is 0 Å². The fourth-order valence-corrected chi connectivity index (χ4v) is 9.11. The second-order valence-electron chi connectivity index (χ2n) is 20.0. The third-order valence-electron chi connectivity index (χ3n) is 13.6. The number of allylic oxidation sites excluding steroid dienone is 4. The average molecular weight is 905 g/mol. The fourth-order valence-electron chi connectivity index (χ4n) is 9.11. The van der Waals surface area contributed by atoms with Gasteiger partial charge in [0.1, 0.15) is 12.2 Å². The van der Waals surface area contributed by atoms with Gasteiger partial charge in [-0.3, -0.25) is 4.79 Å². The van der Waals surface area contributed by atoms with E-state index < -0.39 is 36.9 Å². The molecule has 0 saturated carbocycles. The summed E-state index contributed by atoms with van der Waals surface area (Å²) in [5, 5.41) is 44.0. The molecule has 0 spiro atoms. The van der Waals surface area contributed by atoms with Gasteiger partial charge < -0.3 is 25.7 Å². The topological polar surface area (TPSA) is 110 Å². The van der Waals surface area contributed by atoms with Gasteiger partial charge in [0.15, 0.2) is 0 Å². The number of carbonyl (C=O) groups excluding carboxylic acids is 1. The molecular formula is C58H113NO5. The van der Waals surface area contributed by atoms with Gasteiger partial charge >= 0.3 is 0 Å². The molecule has 0 aromatic rings. The lowest BCUT2D eigenvalue weighted by molar-refractivity contribution is -0.132. The van der Waals surface area contributed by atoms with Crippen molar-refractivity contribution in [2.45, 2.75) is 334 Å². The second-order valence-corrected chi connectivity index (χ2v) is 20.0. The van der Waals surface area contributed by atoms with Crippen LogP contribution in [0.4, 0.5) is 0 Å². The quantitative estimate of drug-likeness (QED) is 0.0308. The van der Waals surface area contributed by atoms with Crippen molar-refractivity contribution in [2.24, 2.45) is 0 Å². The molecule has 380 valence electrons. The lowest BCUT2D eigenvalue weighted by Gasteiger charge is -2.27. The second kappa shape index (κ2) is 52.8. The number of aliphatic hydroxyl groups excluding tert-OH is 4. The summed E-state index contributed by atoms with van der Waals surface area (Å²) in [6.07, 6.45) is 64.0. The highest BCUT2D eigenvalue weighted by molar-refractivity contribution is 5.80. The summed E-state index contributed by atoms with van der Waals surface area (Å²) in [4.78, 5) is 12.6. The Labute approximate surface area is 399 Å². The third kappa shape index (κ3) is 45.9. The first kappa shape index (κ1) is 62.8. The number of aliphatic hydroxyl groups is 4. The van der Waals surface area contributed by atoms with E-state index in [2.05, 4.69) is 43.5 Å². The Kier molecular flexibility index (Phi) is 51.8. The van der Waals surface area contributed by atoms with E-state index in [1.54, 1.807) is 0 Å². The molecule has 4 unspecified atom stereocenters. The predicted molar refractivity (Wildman–Crippen MR) is 279 cm³/mol. The lowest BCUT2D eigenvalue weighted by Crippen LogP contribution is -2.53. The van der Waals surface area contributed by atoms with E-state index in [0.717, 1.165) is 38.5 Å². The summed E-state index contributed by atoms with van der Waals surface area (Å²) >= 11 is 0. The SMILES string of the molecule is CCCCCCCCCCCCCC/C=C\CCCCCCCCCCCCCCC(O)C(=O)NC(CO)C(O)C(O)CCC/C=C/CCCCCCCCCCCCCCCCC. The van der Waals surface area contributed by atoms with Crippen LogP contribution in [0.25, 0.3) is 0 Å². The zero-order chi connectivity index (χ0) is 46.7. The third-order valence-corrected chi connectivity index (χ3v) is 13.6. The maximum absolute atomic E-state index is 12.6. The molecule has 0 saturated heterocycles. The van der Waals surface area contributed by atoms with Crippen LogP contribution in [0.3, 0.4) is 0 Å². The molecule has 0 aromatic heterocycles. The van der Waals surface area contributed by atoms with Crippen molar-refractivity contribution < 1.29 is 25.2 Å². The molecule has 0 aliphatic heterocycles. The van der Waals surface area contributed by atoms with Crippen LogP contribution >= 0.6 is 0 Å². The number of amides is 1. The summed E-state index contributed by atoms with van der Waals surface area (Å²) in [5.74, 6) is -0.589. The minimum Gasteiger partial charge on any atom is -0.394 e. The van der Waals surface area contributed by atoms with Crippen LogP contribution in [0, 0.1) is 0 Å². The van der Waals surface area contributed by atoms with Gasteiger partial charge in [-0.2, -0.15) is 0 Å². The molecule has 6 heteroatoms. The largest absolute Gasteiger partial charge is 0.394 e. The number of rotatable bonds is 53. The zero-order valence-electron chi connectivity index (χ0n) is 43.0. The highest BCUT2D eigenvalue weighted by atomic mass is 16.3. The van der Waals surface area contributed by atoms with Crippen molar-refractivity contribution in [3.8, 4) is 0 Å². The van der Waals surface area contributed by atoms with Gasteiger partial charge in [-0.25, -0.2) is 0 Å². The van der Waals surface area contributed by atoms with E-state index in [1.165, 1.54) is 244 Å². The first-order chi connectivity index (χ1) is 31.5. The van der Waals surface area contributed by atoms with Crippen molar-refractivity contribution in [3.05, 3.63) is 24.3 Å². The Bertz CT molecular complexity index is 970. The molecule has 0 aromatic carbocycles. The normalized spacial score (nSPS) is 13.9. The van der Waals surface area contributed by atoms with Crippen LogP contribution in [0.2, 0.25) is 0 Å². The Morgan fingerprint density at radius 2 is 0.641 bits per heavy atom. The van der Waals surface area contributed by atoms with Crippen LogP contribution < -0.4 is 5.32 Å². The first-order valence-corrected chi connectivity index (χ1v) is 28.7. The molecule has 0 rings (SSSR count). The molecule has 0 heterocycles. The van der Waals surface area contributed by atoms with Crippen LogP contribution in [-0.2, 0) is 4.79 Å². The van der Waals surface area contributed by atoms with Crippen molar-refractivity contribution in [3.63, 3.8) is 0 Å². The van der Waals surface area contributed by atoms with Crippen LogP contribution in [0.15, 0.2) is 24.3 Å². The van der Waals surface area contributed by atoms with E-state index >= 15 is 0 Å². The molecule has 5 N–H and O–H groups in total. The van der Waals surface area contributed by atoms with E-state index in [-0.39, 0.29) is 0 Å². The van der Waals surface area contributed by atoms with Crippen LogP contribution in [0.5, 0.6) is 0 Å². The Morgan fingerprint density at radius 3 is 0.938 bits per heavy atom. The van der Waals surface area contributed by atoms with E-state index in [4.69, 9.17) is 0 Å². The average Bonchev–Trinajstić information content (AvgIpc) is 3.30. The molecule has 6 nitrogen and oxygen atoms in total. The van der Waals surface area contributed by atoms with Crippen molar-refractivity contribution in [2.75, 3.05) is 6.61 Å². The Hall–Kier alpha value is -1.21. The smallest absolute Gasteiger partial charge is 0.249 e. The van der Waals surface area contributed by atoms with Crippen molar-refractivity contribution in [1.29, 1.82) is 0 Å². The number of carbonyl (C=O) groups is 1. The molecule has 0 aliphatic rings. The van der Waals surface area contributed by atoms with Gasteiger partial charge in [-0.15, -0.1) is 0 Å². The highest BCUT2D eigenvalue weighted by Gasteiger charge is 2.28. The Morgan fingerprint density at radius 1 is 0.375 bits per heavy atom. The van der Waals surface area contributed by atoms with E-state index in [1.807, 2.05) is 0 Å². The molecule has 0 aliphatic carbocycles. The summed E-state index contributed by atoms with van der Waals surface area (Å²) in [6.45, 7) is 4.08. The van der Waals surface area contributed by atoms with Gasteiger partial charge in [-0.1, -0.05) is 269 Å². The minimum absolute atomic E-state index is 0.365. The molecule has 0 fully saturated rings. The minimum atomic E-state index is -1.28. The number of nitrogens with one attached hydrogen (secondary N) is 1. The van der Waals surface area contributed by atoms with Gasteiger partial charge in [0.2, 0.25) is 5.91 Å². The molecular weight excluding hydrogens is 791 g/mol. The number of unbranched alkanes of at least 4 members (excludes halogenated alkanes) is 40. The molecule has 64 heavy (non-hydrogen) atoms. The summed E-state index contributed by atoms with van der Waals surface area (Å²) in [7, 11) is 0. The van der Waals surface area contributed by atoms with E-state index in [9.17, 15) is 25.2 Å². The van der Waals surface area contributed by atoms with E-state index in [0.29, 0.717) is 12.8 Å². The maximum atomic E-state index is 12.6. The number of hydrogen-bond donors (Lipinski definition) is 5. The fraction of sp³-hybridized carbons (Fsp3) is 0.914. The molecule has 4 atom stereocenters. The molecule has 0 bridgehead atoms. The monoisotopic (exact) mass is 904 g/mol.